The molecule has 1 aliphatic rings. The molecule has 1 saturated heterocycles. The third-order valence-electron chi connectivity index (χ3n) is 4.25. The Bertz CT molecular complexity index is 440. The molecule has 21 heavy (non-hydrogen) atoms. The summed E-state index contributed by atoms with van der Waals surface area (Å²) in [5, 5.41) is 21.1. The SMILES string of the molecule is CCC(CO)OC(=N)C1(Cc2cccnc2)CCNCC1. The highest BCUT2D eigenvalue weighted by atomic mass is 16.5. The van der Waals surface area contributed by atoms with Crippen molar-refractivity contribution in [3.05, 3.63) is 30.1 Å². The first-order chi connectivity index (χ1) is 10.2. The number of piperidine rings is 1. The molecule has 1 unspecified atom stereocenters. The Kier molecular flexibility index (Phi) is 5.70. The van der Waals surface area contributed by atoms with E-state index in [0.29, 0.717) is 12.3 Å². The van der Waals surface area contributed by atoms with Gasteiger partial charge >= 0.3 is 0 Å². The zero-order valence-corrected chi connectivity index (χ0v) is 12.6. The maximum absolute atomic E-state index is 9.30. The molecule has 5 nitrogen and oxygen atoms in total. The van der Waals surface area contributed by atoms with E-state index in [4.69, 9.17) is 10.1 Å². The van der Waals surface area contributed by atoms with E-state index in [1.54, 1.807) is 6.20 Å². The largest absolute Gasteiger partial charge is 0.475 e. The second kappa shape index (κ2) is 7.52. The Hall–Kier alpha value is -1.46. The second-order valence-electron chi connectivity index (χ2n) is 5.73. The summed E-state index contributed by atoms with van der Waals surface area (Å²) in [5.41, 5.74) is 0.849. The average Bonchev–Trinajstić information content (AvgIpc) is 2.54. The Morgan fingerprint density at radius 1 is 1.52 bits per heavy atom. The highest BCUT2D eigenvalue weighted by Gasteiger charge is 2.39. The first-order valence-electron chi connectivity index (χ1n) is 7.66. The number of nitrogens with one attached hydrogen (secondary N) is 2. The van der Waals surface area contributed by atoms with Crippen LogP contribution in [0.3, 0.4) is 0 Å². The third-order valence-corrected chi connectivity index (χ3v) is 4.25. The van der Waals surface area contributed by atoms with Gasteiger partial charge in [0.15, 0.2) is 5.90 Å². The first kappa shape index (κ1) is 15.9. The number of pyridine rings is 1. The van der Waals surface area contributed by atoms with Gasteiger partial charge in [0.1, 0.15) is 6.10 Å². The van der Waals surface area contributed by atoms with Crippen LogP contribution in [0.2, 0.25) is 0 Å². The van der Waals surface area contributed by atoms with Crippen LogP contribution in [0.4, 0.5) is 0 Å². The molecule has 1 atom stereocenters. The molecule has 0 spiro atoms. The molecule has 116 valence electrons. The van der Waals surface area contributed by atoms with E-state index in [2.05, 4.69) is 10.3 Å². The smallest absolute Gasteiger partial charge is 0.187 e. The van der Waals surface area contributed by atoms with E-state index in [9.17, 15) is 5.11 Å². The van der Waals surface area contributed by atoms with Crippen LogP contribution in [-0.2, 0) is 11.2 Å². The van der Waals surface area contributed by atoms with Crippen molar-refractivity contribution in [2.45, 2.75) is 38.7 Å². The number of aromatic nitrogens is 1. The fourth-order valence-electron chi connectivity index (χ4n) is 2.82. The molecule has 0 aliphatic carbocycles. The lowest BCUT2D eigenvalue weighted by atomic mass is 9.74. The molecular formula is C16H25N3O2. The van der Waals surface area contributed by atoms with Crippen LogP contribution in [0.15, 0.2) is 24.5 Å². The van der Waals surface area contributed by atoms with Crippen molar-refractivity contribution in [1.29, 1.82) is 5.41 Å². The van der Waals surface area contributed by atoms with Crippen molar-refractivity contribution < 1.29 is 9.84 Å². The van der Waals surface area contributed by atoms with Gasteiger partial charge in [-0.25, -0.2) is 0 Å². The molecule has 3 N–H and O–H groups in total. The van der Waals surface area contributed by atoms with Gasteiger partial charge in [0.05, 0.1) is 12.0 Å². The standard InChI is InChI=1S/C16H25N3O2/c1-2-14(12-20)21-15(17)16(5-8-18-9-6-16)10-13-4-3-7-19-11-13/h3-4,7,11,14,17-18,20H,2,5-6,8-10,12H2,1H3. The van der Waals surface area contributed by atoms with Crippen molar-refractivity contribution in [3.8, 4) is 0 Å². The van der Waals surface area contributed by atoms with Crippen LogP contribution in [0, 0.1) is 10.8 Å². The average molecular weight is 291 g/mol. The summed E-state index contributed by atoms with van der Waals surface area (Å²) in [7, 11) is 0. The summed E-state index contributed by atoms with van der Waals surface area (Å²) >= 11 is 0. The van der Waals surface area contributed by atoms with Crippen LogP contribution in [-0.4, -0.2) is 41.8 Å². The number of aliphatic hydroxyl groups excluding tert-OH is 1. The van der Waals surface area contributed by atoms with Crippen molar-refractivity contribution in [2.24, 2.45) is 5.41 Å². The van der Waals surface area contributed by atoms with Gasteiger partial charge in [-0.3, -0.25) is 10.4 Å². The summed E-state index contributed by atoms with van der Waals surface area (Å²) in [4.78, 5) is 4.17. The first-order valence-corrected chi connectivity index (χ1v) is 7.66. The van der Waals surface area contributed by atoms with Crippen LogP contribution >= 0.6 is 0 Å². The number of hydrogen-bond donors (Lipinski definition) is 3. The summed E-state index contributed by atoms with van der Waals surface area (Å²) in [6.45, 7) is 3.70. The molecule has 2 rings (SSSR count). The summed E-state index contributed by atoms with van der Waals surface area (Å²) in [6, 6.07) is 3.98. The van der Waals surface area contributed by atoms with Gasteiger partial charge in [0, 0.05) is 12.4 Å². The van der Waals surface area contributed by atoms with Crippen molar-refractivity contribution in [1.82, 2.24) is 10.3 Å². The fraction of sp³-hybridized carbons (Fsp3) is 0.625. The molecule has 1 fully saturated rings. The van der Waals surface area contributed by atoms with Crippen LogP contribution in [0.25, 0.3) is 0 Å². The topological polar surface area (TPSA) is 78.2 Å². The van der Waals surface area contributed by atoms with Crippen LogP contribution in [0.5, 0.6) is 0 Å². The van der Waals surface area contributed by atoms with Crippen LogP contribution in [0.1, 0.15) is 31.7 Å². The molecule has 0 bridgehead atoms. The number of aliphatic hydroxyl groups is 1. The zero-order chi connectivity index (χ0) is 15.1. The minimum absolute atomic E-state index is 0.0416. The number of ether oxygens (including phenoxy) is 1. The van der Waals surface area contributed by atoms with E-state index in [0.717, 1.165) is 37.9 Å². The third kappa shape index (κ3) is 4.02. The molecule has 0 aromatic carbocycles. The molecular weight excluding hydrogens is 266 g/mol. The normalized spacial score (nSPS) is 19.0. The maximum atomic E-state index is 9.30. The lowest BCUT2D eigenvalue weighted by Crippen LogP contribution is -2.45. The number of nitrogens with zero attached hydrogens (tertiary/aromatic N) is 1. The molecule has 0 amide bonds. The Labute approximate surface area is 126 Å². The van der Waals surface area contributed by atoms with E-state index in [-0.39, 0.29) is 18.1 Å². The van der Waals surface area contributed by atoms with E-state index < -0.39 is 0 Å². The Morgan fingerprint density at radius 3 is 2.86 bits per heavy atom. The monoisotopic (exact) mass is 291 g/mol. The Balaban J connectivity index is 2.14. The number of hydrogen-bond acceptors (Lipinski definition) is 5. The lowest BCUT2D eigenvalue weighted by molar-refractivity contribution is 0.0783. The Morgan fingerprint density at radius 2 is 2.29 bits per heavy atom. The zero-order valence-electron chi connectivity index (χ0n) is 12.6. The second-order valence-corrected chi connectivity index (χ2v) is 5.73. The van der Waals surface area contributed by atoms with Gasteiger partial charge in [-0.15, -0.1) is 0 Å². The summed E-state index contributed by atoms with van der Waals surface area (Å²) < 4.78 is 5.75. The fourth-order valence-corrected chi connectivity index (χ4v) is 2.82. The van der Waals surface area contributed by atoms with Gasteiger partial charge in [-0.2, -0.15) is 0 Å². The highest BCUT2D eigenvalue weighted by molar-refractivity contribution is 5.80. The molecule has 0 radical (unpaired) electrons. The van der Waals surface area contributed by atoms with E-state index in [1.165, 1.54) is 0 Å². The maximum Gasteiger partial charge on any atom is 0.187 e. The molecule has 5 heteroatoms. The van der Waals surface area contributed by atoms with E-state index in [1.807, 2.05) is 25.3 Å². The van der Waals surface area contributed by atoms with Gasteiger partial charge in [0.2, 0.25) is 0 Å². The molecule has 1 aromatic heterocycles. The van der Waals surface area contributed by atoms with Crippen molar-refractivity contribution in [2.75, 3.05) is 19.7 Å². The summed E-state index contributed by atoms with van der Waals surface area (Å²) in [5.74, 6) is 0.314. The predicted molar refractivity (Wildman–Crippen MR) is 82.5 cm³/mol. The van der Waals surface area contributed by atoms with Gasteiger partial charge in [-0.05, 0) is 50.4 Å². The number of rotatable bonds is 6. The lowest BCUT2D eigenvalue weighted by Gasteiger charge is -2.38. The minimum Gasteiger partial charge on any atom is -0.475 e. The summed E-state index contributed by atoms with van der Waals surface area (Å²) in [6.07, 6.45) is 6.58. The van der Waals surface area contributed by atoms with Crippen LogP contribution < -0.4 is 5.32 Å². The highest BCUT2D eigenvalue weighted by Crippen LogP contribution is 2.35. The quantitative estimate of drug-likeness (QED) is 0.551. The predicted octanol–water partition coefficient (Wildman–Crippen LogP) is 1.76. The van der Waals surface area contributed by atoms with Crippen molar-refractivity contribution >= 4 is 5.90 Å². The van der Waals surface area contributed by atoms with Gasteiger partial charge in [0.25, 0.3) is 0 Å². The van der Waals surface area contributed by atoms with Crippen molar-refractivity contribution in [3.63, 3.8) is 0 Å². The molecule has 1 aliphatic heterocycles. The van der Waals surface area contributed by atoms with Gasteiger partial charge in [-0.1, -0.05) is 13.0 Å². The molecule has 0 saturated carbocycles. The van der Waals surface area contributed by atoms with E-state index >= 15 is 0 Å². The molecule has 2 heterocycles. The molecule has 1 aromatic rings. The van der Waals surface area contributed by atoms with Gasteiger partial charge < -0.3 is 15.2 Å². The minimum atomic E-state index is -0.281.